The van der Waals surface area contributed by atoms with Crippen molar-refractivity contribution in [3.05, 3.63) is 35.9 Å². The minimum Gasteiger partial charge on any atom is -0.453 e. The van der Waals surface area contributed by atoms with Crippen LogP contribution in [0.4, 0.5) is 0 Å². The summed E-state index contributed by atoms with van der Waals surface area (Å²) in [6, 6.07) is 9.74. The quantitative estimate of drug-likeness (QED) is 0.735. The molecule has 0 saturated carbocycles. The molecule has 1 aromatic carbocycles. The molecule has 0 spiro atoms. The van der Waals surface area contributed by atoms with Crippen molar-refractivity contribution >= 4 is 11.9 Å². The molecule has 1 heterocycles. The van der Waals surface area contributed by atoms with Crippen LogP contribution in [0.2, 0.25) is 0 Å². The number of rotatable bonds is 6. The van der Waals surface area contributed by atoms with E-state index in [4.69, 9.17) is 18.9 Å². The number of esters is 2. The van der Waals surface area contributed by atoms with Gasteiger partial charge in [0.25, 0.3) is 0 Å². The summed E-state index contributed by atoms with van der Waals surface area (Å²) in [5.41, 5.74) is 1.01. The van der Waals surface area contributed by atoms with Crippen molar-refractivity contribution < 1.29 is 28.5 Å². The second kappa shape index (κ2) is 8.97. The van der Waals surface area contributed by atoms with Crippen LogP contribution < -0.4 is 0 Å². The van der Waals surface area contributed by atoms with Crippen LogP contribution in [0.25, 0.3) is 0 Å². The van der Waals surface area contributed by atoms with Crippen molar-refractivity contribution in [2.75, 3.05) is 0 Å². The van der Waals surface area contributed by atoms with Crippen LogP contribution in [0, 0.1) is 5.92 Å². The predicted molar refractivity (Wildman–Crippen MR) is 90.5 cm³/mol. The minimum absolute atomic E-state index is 0.0233. The molecule has 0 bridgehead atoms. The van der Waals surface area contributed by atoms with Gasteiger partial charge in [0.1, 0.15) is 6.10 Å². The van der Waals surface area contributed by atoms with Crippen molar-refractivity contribution in [2.45, 2.75) is 65.3 Å². The van der Waals surface area contributed by atoms with Crippen LogP contribution in [0.15, 0.2) is 30.3 Å². The van der Waals surface area contributed by atoms with E-state index in [9.17, 15) is 9.59 Å². The molecule has 1 aliphatic rings. The third kappa shape index (κ3) is 5.28. The molecule has 0 aliphatic carbocycles. The fourth-order valence-electron chi connectivity index (χ4n) is 3.09. The minimum atomic E-state index is -0.969. The fourth-order valence-corrected chi connectivity index (χ4v) is 3.09. The summed E-state index contributed by atoms with van der Waals surface area (Å²) in [6.07, 6.45) is -1.63. The SMILES string of the molecule is CC[C@H]1O[C@H](OC(C)=O)[C@@H](OC(C)=O)[C@@H](OCc2ccccc2)[C@@H]1C. The van der Waals surface area contributed by atoms with Crippen molar-refractivity contribution in [2.24, 2.45) is 5.92 Å². The van der Waals surface area contributed by atoms with Crippen molar-refractivity contribution in [3.63, 3.8) is 0 Å². The summed E-state index contributed by atoms with van der Waals surface area (Å²) in [5.74, 6) is -0.987. The molecule has 0 N–H and O–H groups in total. The summed E-state index contributed by atoms with van der Waals surface area (Å²) < 4.78 is 22.6. The second-order valence-electron chi connectivity index (χ2n) is 6.25. The Bertz CT molecular complexity index is 573. The number of carbonyl (C=O) groups excluding carboxylic acids is 2. The van der Waals surface area contributed by atoms with Crippen LogP contribution in [0.5, 0.6) is 0 Å². The van der Waals surface area contributed by atoms with Gasteiger partial charge in [-0.1, -0.05) is 44.2 Å². The molecule has 5 atom stereocenters. The zero-order chi connectivity index (χ0) is 18.4. The summed E-state index contributed by atoms with van der Waals surface area (Å²) in [7, 11) is 0. The molecule has 0 aromatic heterocycles. The van der Waals surface area contributed by atoms with E-state index in [2.05, 4.69) is 0 Å². The van der Waals surface area contributed by atoms with E-state index in [-0.39, 0.29) is 12.0 Å². The molecule has 1 aliphatic heterocycles. The molecule has 0 amide bonds. The number of hydrogen-bond acceptors (Lipinski definition) is 6. The molecule has 138 valence electrons. The molecule has 0 radical (unpaired) electrons. The van der Waals surface area contributed by atoms with Gasteiger partial charge < -0.3 is 18.9 Å². The lowest BCUT2D eigenvalue weighted by atomic mass is 9.89. The van der Waals surface area contributed by atoms with E-state index in [1.54, 1.807) is 0 Å². The van der Waals surface area contributed by atoms with E-state index in [0.29, 0.717) is 6.61 Å². The lowest BCUT2D eigenvalue weighted by Gasteiger charge is -2.44. The standard InChI is InChI=1S/C19H26O6/c1-5-16-12(2)17(22-11-15-9-7-6-8-10-15)18(23-13(3)20)19(25-16)24-14(4)21/h6-10,12,16-19H,5,11H2,1-4H3/t12-,16-,17+,18+,19+/m1/s1. The van der Waals surface area contributed by atoms with E-state index in [1.165, 1.54) is 13.8 Å². The van der Waals surface area contributed by atoms with Gasteiger partial charge in [0, 0.05) is 19.8 Å². The summed E-state index contributed by atoms with van der Waals surface area (Å²) in [4.78, 5) is 23.0. The molecule has 25 heavy (non-hydrogen) atoms. The van der Waals surface area contributed by atoms with Crippen LogP contribution in [0.1, 0.15) is 39.7 Å². The third-order valence-electron chi connectivity index (χ3n) is 4.28. The second-order valence-corrected chi connectivity index (χ2v) is 6.25. The van der Waals surface area contributed by atoms with E-state index in [0.717, 1.165) is 12.0 Å². The van der Waals surface area contributed by atoms with E-state index >= 15 is 0 Å². The summed E-state index contributed by atoms with van der Waals surface area (Å²) >= 11 is 0. The monoisotopic (exact) mass is 350 g/mol. The smallest absolute Gasteiger partial charge is 0.305 e. The lowest BCUT2D eigenvalue weighted by molar-refractivity contribution is -0.287. The first-order chi connectivity index (χ1) is 11.9. The van der Waals surface area contributed by atoms with E-state index in [1.807, 2.05) is 44.2 Å². The van der Waals surface area contributed by atoms with Crippen molar-refractivity contribution in [1.82, 2.24) is 0 Å². The number of benzene rings is 1. The topological polar surface area (TPSA) is 71.1 Å². The Morgan fingerprint density at radius 3 is 2.24 bits per heavy atom. The molecular formula is C19H26O6. The Hall–Kier alpha value is -1.92. The highest BCUT2D eigenvalue weighted by Gasteiger charge is 2.47. The van der Waals surface area contributed by atoms with Gasteiger partial charge in [-0.25, -0.2) is 0 Å². The van der Waals surface area contributed by atoms with Crippen LogP contribution in [0.3, 0.4) is 0 Å². The zero-order valence-electron chi connectivity index (χ0n) is 15.1. The van der Waals surface area contributed by atoms with Gasteiger partial charge in [-0.15, -0.1) is 0 Å². The van der Waals surface area contributed by atoms with Crippen molar-refractivity contribution in [3.8, 4) is 0 Å². The average Bonchev–Trinajstić information content (AvgIpc) is 2.57. The van der Waals surface area contributed by atoms with Gasteiger partial charge >= 0.3 is 11.9 Å². The van der Waals surface area contributed by atoms with Gasteiger partial charge in [-0.05, 0) is 12.0 Å². The fraction of sp³-hybridized carbons (Fsp3) is 0.579. The maximum atomic E-state index is 11.5. The number of ether oxygens (including phenoxy) is 4. The maximum Gasteiger partial charge on any atom is 0.305 e. The number of hydrogen-bond donors (Lipinski definition) is 0. The first-order valence-corrected chi connectivity index (χ1v) is 8.57. The Kier molecular flexibility index (Phi) is 6.96. The van der Waals surface area contributed by atoms with Crippen LogP contribution in [-0.4, -0.2) is 36.5 Å². The lowest BCUT2D eigenvalue weighted by Crippen LogP contribution is -2.57. The Balaban J connectivity index is 2.20. The molecule has 0 unspecified atom stereocenters. The van der Waals surface area contributed by atoms with Gasteiger partial charge in [-0.2, -0.15) is 0 Å². The molecule has 1 saturated heterocycles. The van der Waals surface area contributed by atoms with Gasteiger partial charge in [0.05, 0.1) is 12.7 Å². The Morgan fingerprint density at radius 1 is 1.04 bits per heavy atom. The Morgan fingerprint density at radius 2 is 1.68 bits per heavy atom. The average molecular weight is 350 g/mol. The van der Waals surface area contributed by atoms with Crippen molar-refractivity contribution in [1.29, 1.82) is 0 Å². The normalized spacial score (nSPS) is 29.0. The molecule has 1 aromatic rings. The Labute approximate surface area is 148 Å². The summed E-state index contributed by atoms with van der Waals surface area (Å²) in [6.45, 7) is 6.97. The maximum absolute atomic E-state index is 11.5. The largest absolute Gasteiger partial charge is 0.453 e. The van der Waals surface area contributed by atoms with Gasteiger partial charge in [0.2, 0.25) is 6.29 Å². The first-order valence-electron chi connectivity index (χ1n) is 8.57. The van der Waals surface area contributed by atoms with Crippen LogP contribution >= 0.6 is 0 Å². The van der Waals surface area contributed by atoms with Crippen LogP contribution in [-0.2, 0) is 35.1 Å². The first kappa shape index (κ1) is 19.4. The highest BCUT2D eigenvalue weighted by Crippen LogP contribution is 2.33. The van der Waals surface area contributed by atoms with Gasteiger partial charge in [-0.3, -0.25) is 9.59 Å². The summed E-state index contributed by atoms with van der Waals surface area (Å²) in [5, 5.41) is 0. The molecular weight excluding hydrogens is 324 g/mol. The third-order valence-corrected chi connectivity index (χ3v) is 4.28. The highest BCUT2D eigenvalue weighted by molar-refractivity contribution is 5.67. The molecule has 6 heteroatoms. The number of carbonyl (C=O) groups is 2. The zero-order valence-corrected chi connectivity index (χ0v) is 15.1. The molecule has 1 fully saturated rings. The molecule has 2 rings (SSSR count). The highest BCUT2D eigenvalue weighted by atomic mass is 16.7. The van der Waals surface area contributed by atoms with E-state index < -0.39 is 30.4 Å². The molecule has 6 nitrogen and oxygen atoms in total. The van der Waals surface area contributed by atoms with Gasteiger partial charge in [0.15, 0.2) is 6.10 Å². The predicted octanol–water partition coefficient (Wildman–Crippen LogP) is 2.84.